The minimum atomic E-state index is -0.396. The van der Waals surface area contributed by atoms with Crippen molar-refractivity contribution in [3.63, 3.8) is 0 Å². The summed E-state index contributed by atoms with van der Waals surface area (Å²) in [5.41, 5.74) is 5.54. The lowest BCUT2D eigenvalue weighted by Crippen LogP contribution is -2.10. The van der Waals surface area contributed by atoms with Gasteiger partial charge in [-0.3, -0.25) is 4.79 Å². The highest BCUT2D eigenvalue weighted by Crippen LogP contribution is 2.11. The van der Waals surface area contributed by atoms with Crippen molar-refractivity contribution < 1.29 is 9.21 Å². The molecule has 0 aliphatic heterocycles. The van der Waals surface area contributed by atoms with Gasteiger partial charge in [-0.1, -0.05) is 15.9 Å². The maximum absolute atomic E-state index is 10.5. The predicted molar refractivity (Wildman–Crippen MR) is 77.0 cm³/mol. The molecule has 94 valence electrons. The molecule has 0 radical (unpaired) electrons. The van der Waals surface area contributed by atoms with Crippen LogP contribution in [-0.4, -0.2) is 12.1 Å². The van der Waals surface area contributed by atoms with Crippen LogP contribution in [0.1, 0.15) is 16.1 Å². The lowest BCUT2D eigenvalue weighted by molar-refractivity contribution is 0.100. The summed E-state index contributed by atoms with van der Waals surface area (Å²) in [5, 5.41) is 6.72. The molecule has 0 unspecified atom stereocenters. The molecule has 4 nitrogen and oxygen atoms in total. The van der Waals surface area contributed by atoms with Crippen molar-refractivity contribution in [3.05, 3.63) is 56.9 Å². The van der Waals surface area contributed by atoms with Crippen molar-refractivity contribution in [1.82, 2.24) is 0 Å². The van der Waals surface area contributed by atoms with E-state index in [0.29, 0.717) is 16.0 Å². The Balaban J connectivity index is 0.000000184. The minimum absolute atomic E-state index is 0.396. The van der Waals surface area contributed by atoms with Gasteiger partial charge in [0.1, 0.15) is 5.76 Å². The van der Waals surface area contributed by atoms with Crippen molar-refractivity contribution in [2.75, 3.05) is 0 Å². The van der Waals surface area contributed by atoms with Gasteiger partial charge in [-0.25, -0.2) is 0 Å². The first kappa shape index (κ1) is 14.7. The first-order valence-electron chi connectivity index (χ1n) is 4.84. The number of hydrogen-bond donors (Lipinski definition) is 2. The number of carbonyl (C=O) groups excluding carboxylic acids is 1. The molecule has 1 aromatic heterocycles. The molecule has 2 rings (SSSR count). The molecular weight excluding hydrogens is 364 g/mol. The van der Waals surface area contributed by atoms with Gasteiger partial charge >= 0.3 is 0 Å². The minimum Gasteiger partial charge on any atom is -0.448 e. The van der Waals surface area contributed by atoms with E-state index in [1.807, 2.05) is 0 Å². The molecule has 0 spiro atoms. The van der Waals surface area contributed by atoms with Crippen LogP contribution >= 0.6 is 31.9 Å². The maximum Gasteiger partial charge on any atom is 0.248 e. The zero-order valence-electron chi connectivity index (χ0n) is 9.19. The number of carbonyl (C=O) groups is 1. The Kier molecular flexibility index (Phi) is 5.80. The molecule has 0 fully saturated rings. The van der Waals surface area contributed by atoms with Gasteiger partial charge in [0.15, 0.2) is 4.67 Å². The third-order valence-electron chi connectivity index (χ3n) is 1.86. The Morgan fingerprint density at radius 3 is 2.11 bits per heavy atom. The van der Waals surface area contributed by atoms with Crippen LogP contribution in [0.3, 0.4) is 0 Å². The molecule has 0 saturated heterocycles. The summed E-state index contributed by atoms with van der Waals surface area (Å²) in [7, 11) is 0. The Labute approximate surface area is 121 Å². The molecule has 3 N–H and O–H groups in total. The number of hydrogen-bond acceptors (Lipinski definition) is 3. The van der Waals surface area contributed by atoms with E-state index in [-0.39, 0.29) is 0 Å². The summed E-state index contributed by atoms with van der Waals surface area (Å²) in [6.07, 6.45) is 1.16. The highest BCUT2D eigenvalue weighted by atomic mass is 79.9. The average Bonchev–Trinajstić information content (AvgIpc) is 2.76. The first-order chi connectivity index (χ1) is 8.52. The van der Waals surface area contributed by atoms with E-state index in [9.17, 15) is 4.79 Å². The number of halogens is 2. The predicted octanol–water partition coefficient (Wildman–Crippen LogP) is 3.59. The van der Waals surface area contributed by atoms with Gasteiger partial charge in [-0.05, 0) is 52.3 Å². The third kappa shape index (κ3) is 4.85. The quantitative estimate of drug-likeness (QED) is 0.788. The summed E-state index contributed by atoms with van der Waals surface area (Å²) in [6.45, 7) is 0. The number of benzene rings is 1. The molecular formula is C12H10Br2N2O2. The van der Waals surface area contributed by atoms with Crippen LogP contribution in [0.4, 0.5) is 0 Å². The van der Waals surface area contributed by atoms with Crippen LogP contribution in [0, 0.1) is 5.41 Å². The number of amides is 1. The van der Waals surface area contributed by atoms with Crippen LogP contribution in [0.25, 0.3) is 0 Å². The lowest BCUT2D eigenvalue weighted by Gasteiger charge is -1.92. The Hall–Kier alpha value is -1.40. The second kappa shape index (κ2) is 7.13. The molecule has 0 saturated carbocycles. The van der Waals surface area contributed by atoms with Gasteiger partial charge in [0, 0.05) is 10.0 Å². The fraction of sp³-hybridized carbons (Fsp3) is 0. The van der Waals surface area contributed by atoms with E-state index in [1.54, 1.807) is 36.4 Å². The van der Waals surface area contributed by atoms with Crippen LogP contribution < -0.4 is 5.73 Å². The molecule has 1 aromatic carbocycles. The fourth-order valence-corrected chi connectivity index (χ4v) is 1.60. The summed E-state index contributed by atoms with van der Waals surface area (Å²) in [4.78, 5) is 10.5. The summed E-state index contributed by atoms with van der Waals surface area (Å²) in [6, 6.07) is 10.4. The summed E-state index contributed by atoms with van der Waals surface area (Å²) in [5.74, 6) is 0.171. The number of nitrogens with one attached hydrogen (secondary N) is 1. The summed E-state index contributed by atoms with van der Waals surface area (Å²) >= 11 is 6.35. The van der Waals surface area contributed by atoms with E-state index in [0.717, 1.165) is 10.7 Å². The molecule has 1 amide bonds. The Bertz CT molecular complexity index is 535. The second-order valence-electron chi connectivity index (χ2n) is 3.16. The highest BCUT2D eigenvalue weighted by Gasteiger charge is 1.96. The summed E-state index contributed by atoms with van der Waals surface area (Å²) < 4.78 is 6.51. The molecule has 6 heteroatoms. The van der Waals surface area contributed by atoms with Gasteiger partial charge in [-0.2, -0.15) is 0 Å². The molecule has 18 heavy (non-hydrogen) atoms. The van der Waals surface area contributed by atoms with Gasteiger partial charge in [-0.15, -0.1) is 0 Å². The van der Waals surface area contributed by atoms with Crippen LogP contribution in [0.15, 0.2) is 50.0 Å². The topological polar surface area (TPSA) is 80.1 Å². The first-order valence-corrected chi connectivity index (χ1v) is 6.42. The Morgan fingerprint density at radius 1 is 1.17 bits per heavy atom. The monoisotopic (exact) mass is 372 g/mol. The van der Waals surface area contributed by atoms with E-state index in [4.69, 9.17) is 15.6 Å². The molecule has 1 heterocycles. The number of nitrogens with two attached hydrogens (primary N) is 1. The van der Waals surface area contributed by atoms with Crippen LogP contribution in [0.2, 0.25) is 0 Å². The Morgan fingerprint density at radius 2 is 1.78 bits per heavy atom. The largest absolute Gasteiger partial charge is 0.448 e. The van der Waals surface area contributed by atoms with Crippen molar-refractivity contribution in [3.8, 4) is 0 Å². The highest BCUT2D eigenvalue weighted by molar-refractivity contribution is 9.10. The van der Waals surface area contributed by atoms with Gasteiger partial charge < -0.3 is 15.6 Å². The normalized spacial score (nSPS) is 9.22. The SMILES string of the molecule is N=Cc1ccc(Br)o1.NC(=O)c1ccc(Br)cc1. The maximum atomic E-state index is 10.5. The smallest absolute Gasteiger partial charge is 0.248 e. The molecule has 0 aliphatic rings. The van der Waals surface area contributed by atoms with Crippen molar-refractivity contribution in [2.24, 2.45) is 5.73 Å². The zero-order valence-corrected chi connectivity index (χ0v) is 12.4. The third-order valence-corrected chi connectivity index (χ3v) is 2.82. The lowest BCUT2D eigenvalue weighted by atomic mass is 10.2. The van der Waals surface area contributed by atoms with Gasteiger partial charge in [0.2, 0.25) is 5.91 Å². The van der Waals surface area contributed by atoms with Crippen molar-refractivity contribution in [2.45, 2.75) is 0 Å². The molecule has 0 bridgehead atoms. The average molecular weight is 374 g/mol. The standard InChI is InChI=1S/C7H6BrNO.C5H4BrNO/c8-6-3-1-5(2-4-6)7(9)10;6-5-2-1-4(3-7)8-5/h1-4H,(H2,9,10);1-3,7H. The second-order valence-corrected chi connectivity index (χ2v) is 4.85. The van der Waals surface area contributed by atoms with Crippen molar-refractivity contribution >= 4 is 44.0 Å². The van der Waals surface area contributed by atoms with E-state index in [1.165, 1.54) is 0 Å². The fourth-order valence-electron chi connectivity index (χ4n) is 1.02. The molecule has 2 aromatic rings. The number of primary amides is 1. The number of rotatable bonds is 2. The van der Waals surface area contributed by atoms with Crippen LogP contribution in [-0.2, 0) is 0 Å². The van der Waals surface area contributed by atoms with Crippen LogP contribution in [0.5, 0.6) is 0 Å². The zero-order chi connectivity index (χ0) is 13.5. The van der Waals surface area contributed by atoms with Gasteiger partial charge in [0.25, 0.3) is 0 Å². The number of furan rings is 1. The van der Waals surface area contributed by atoms with Crippen molar-refractivity contribution in [1.29, 1.82) is 5.41 Å². The van der Waals surface area contributed by atoms with E-state index >= 15 is 0 Å². The molecule has 0 atom stereocenters. The van der Waals surface area contributed by atoms with Gasteiger partial charge in [0.05, 0.1) is 6.21 Å². The molecule has 0 aliphatic carbocycles. The van der Waals surface area contributed by atoms with E-state index in [2.05, 4.69) is 31.9 Å². The van der Waals surface area contributed by atoms with E-state index < -0.39 is 5.91 Å².